The van der Waals surface area contributed by atoms with Gasteiger partial charge in [0.1, 0.15) is 0 Å². The van der Waals surface area contributed by atoms with E-state index in [-0.39, 0.29) is 11.2 Å². The number of ether oxygens (including phenoxy) is 1. The summed E-state index contributed by atoms with van der Waals surface area (Å²) in [6.45, 7) is 3.86. The summed E-state index contributed by atoms with van der Waals surface area (Å²) in [4.78, 5) is 11.4. The van der Waals surface area contributed by atoms with E-state index in [0.29, 0.717) is 17.1 Å². The molecule has 0 saturated heterocycles. The van der Waals surface area contributed by atoms with E-state index in [9.17, 15) is 9.00 Å². The van der Waals surface area contributed by atoms with Gasteiger partial charge in [-0.25, -0.2) is 4.79 Å². The Hall–Kier alpha value is -1.20. The topological polar surface area (TPSA) is 63.6 Å². The molecule has 0 spiro atoms. The minimum Gasteiger partial charge on any atom is -0.478 e. The molecule has 1 unspecified atom stereocenters. The molecule has 1 N–H and O–H groups in total. The standard InChI is InChI=1S/C13H18O4S/c1-13(2,17-3)7-8-18(16)11-6-4-5-10(9-11)12(14)15/h4-6,9H,7-8H2,1-3H3,(H,14,15). The number of hydrogen-bond donors (Lipinski definition) is 1. The van der Waals surface area contributed by atoms with E-state index in [1.54, 1.807) is 19.2 Å². The number of aromatic carboxylic acids is 1. The van der Waals surface area contributed by atoms with Crippen LogP contribution >= 0.6 is 0 Å². The quantitative estimate of drug-likeness (QED) is 0.861. The molecule has 0 heterocycles. The molecule has 1 aromatic carbocycles. The van der Waals surface area contributed by atoms with E-state index in [1.165, 1.54) is 12.1 Å². The molecule has 0 radical (unpaired) electrons. The number of rotatable bonds is 6. The first-order chi connectivity index (χ1) is 8.35. The highest BCUT2D eigenvalue weighted by molar-refractivity contribution is 7.85. The van der Waals surface area contributed by atoms with Gasteiger partial charge in [0, 0.05) is 17.8 Å². The molecule has 0 bridgehead atoms. The normalized spacial score (nSPS) is 13.3. The van der Waals surface area contributed by atoms with Crippen LogP contribution in [0.2, 0.25) is 0 Å². The van der Waals surface area contributed by atoms with E-state index in [1.807, 2.05) is 13.8 Å². The second-order valence-electron chi connectivity index (χ2n) is 4.60. The van der Waals surface area contributed by atoms with Gasteiger partial charge in [-0.3, -0.25) is 4.21 Å². The molecule has 1 atom stereocenters. The Bertz CT molecular complexity index is 454. The summed E-state index contributed by atoms with van der Waals surface area (Å²) >= 11 is 0. The highest BCUT2D eigenvalue weighted by Gasteiger charge is 2.18. The fourth-order valence-corrected chi connectivity index (χ4v) is 2.73. The molecular formula is C13H18O4S. The van der Waals surface area contributed by atoms with Crippen molar-refractivity contribution in [3.05, 3.63) is 29.8 Å². The van der Waals surface area contributed by atoms with Crippen LogP contribution in [0.1, 0.15) is 30.6 Å². The molecule has 0 aromatic heterocycles. The van der Waals surface area contributed by atoms with E-state index < -0.39 is 16.8 Å². The first-order valence-corrected chi connectivity index (χ1v) is 6.94. The van der Waals surface area contributed by atoms with Gasteiger partial charge < -0.3 is 9.84 Å². The smallest absolute Gasteiger partial charge is 0.335 e. The third kappa shape index (κ3) is 4.23. The first kappa shape index (κ1) is 14.9. The summed E-state index contributed by atoms with van der Waals surface area (Å²) in [5.41, 5.74) is -0.160. The Morgan fingerprint density at radius 1 is 1.44 bits per heavy atom. The fourth-order valence-electron chi connectivity index (χ4n) is 1.33. The number of methoxy groups -OCH3 is 1. The van der Waals surface area contributed by atoms with E-state index >= 15 is 0 Å². The third-order valence-corrected chi connectivity index (χ3v) is 4.14. The van der Waals surface area contributed by atoms with E-state index in [4.69, 9.17) is 9.84 Å². The lowest BCUT2D eigenvalue weighted by Crippen LogP contribution is -2.24. The fraction of sp³-hybridized carbons (Fsp3) is 0.462. The maximum atomic E-state index is 12.0. The van der Waals surface area contributed by atoms with Crippen molar-refractivity contribution in [1.29, 1.82) is 0 Å². The molecule has 0 fully saturated rings. The van der Waals surface area contributed by atoms with Crippen LogP contribution in [-0.4, -0.2) is 33.7 Å². The zero-order chi connectivity index (χ0) is 13.8. The first-order valence-electron chi connectivity index (χ1n) is 5.62. The van der Waals surface area contributed by atoms with E-state index in [2.05, 4.69) is 0 Å². The van der Waals surface area contributed by atoms with Crippen molar-refractivity contribution in [1.82, 2.24) is 0 Å². The number of carbonyl (C=O) groups is 1. The van der Waals surface area contributed by atoms with Crippen molar-refractivity contribution in [2.75, 3.05) is 12.9 Å². The molecule has 0 aliphatic carbocycles. The highest BCUT2D eigenvalue weighted by Crippen LogP contribution is 2.17. The number of benzene rings is 1. The summed E-state index contributed by atoms with van der Waals surface area (Å²) in [6, 6.07) is 6.24. The summed E-state index contributed by atoms with van der Waals surface area (Å²) < 4.78 is 17.3. The monoisotopic (exact) mass is 270 g/mol. The van der Waals surface area contributed by atoms with Crippen molar-refractivity contribution < 1.29 is 18.8 Å². The van der Waals surface area contributed by atoms with Crippen molar-refractivity contribution >= 4 is 16.8 Å². The van der Waals surface area contributed by atoms with Crippen molar-refractivity contribution in [3.63, 3.8) is 0 Å². The molecule has 100 valence electrons. The Morgan fingerprint density at radius 3 is 2.67 bits per heavy atom. The Balaban J connectivity index is 2.73. The Labute approximate surface area is 109 Å². The maximum Gasteiger partial charge on any atom is 0.335 e. The van der Waals surface area contributed by atoms with Crippen molar-refractivity contribution in [2.24, 2.45) is 0 Å². The van der Waals surface area contributed by atoms with Gasteiger partial charge in [0.15, 0.2) is 0 Å². The summed E-state index contributed by atoms with van der Waals surface area (Å²) in [7, 11) is 0.417. The number of carboxylic acid groups (broad SMARTS) is 1. The molecule has 0 amide bonds. The van der Waals surface area contributed by atoms with Crippen LogP contribution in [0.4, 0.5) is 0 Å². The lowest BCUT2D eigenvalue weighted by molar-refractivity contribution is 0.0205. The number of carboxylic acids is 1. The van der Waals surface area contributed by atoms with Gasteiger partial charge in [-0.1, -0.05) is 6.07 Å². The van der Waals surface area contributed by atoms with Crippen LogP contribution in [0, 0.1) is 0 Å². The predicted molar refractivity (Wildman–Crippen MR) is 70.4 cm³/mol. The molecule has 5 heteroatoms. The van der Waals surface area contributed by atoms with Crippen LogP contribution in [0.25, 0.3) is 0 Å². The third-order valence-electron chi connectivity index (χ3n) is 2.79. The minimum absolute atomic E-state index is 0.159. The summed E-state index contributed by atoms with van der Waals surface area (Å²) in [5, 5.41) is 8.87. The zero-order valence-corrected chi connectivity index (χ0v) is 11.6. The molecular weight excluding hydrogens is 252 g/mol. The second-order valence-corrected chi connectivity index (χ2v) is 6.17. The maximum absolute atomic E-state index is 12.0. The van der Waals surface area contributed by atoms with E-state index in [0.717, 1.165) is 0 Å². The van der Waals surface area contributed by atoms with Crippen molar-refractivity contribution in [3.8, 4) is 0 Å². The largest absolute Gasteiger partial charge is 0.478 e. The second kappa shape index (κ2) is 6.11. The summed E-state index contributed by atoms with van der Waals surface area (Å²) in [6.07, 6.45) is 0.646. The van der Waals surface area contributed by atoms with Crippen LogP contribution in [-0.2, 0) is 15.5 Å². The van der Waals surface area contributed by atoms with Gasteiger partial charge in [-0.15, -0.1) is 0 Å². The molecule has 1 rings (SSSR count). The molecule has 0 aliphatic heterocycles. The Kier molecular flexibility index (Phi) is 5.04. The van der Waals surface area contributed by atoms with Crippen LogP contribution in [0.15, 0.2) is 29.2 Å². The zero-order valence-electron chi connectivity index (χ0n) is 10.8. The minimum atomic E-state index is -1.20. The average Bonchev–Trinajstić information content (AvgIpc) is 2.36. The van der Waals surface area contributed by atoms with Gasteiger partial charge >= 0.3 is 5.97 Å². The van der Waals surface area contributed by atoms with Gasteiger partial charge in [0.2, 0.25) is 0 Å². The van der Waals surface area contributed by atoms with Crippen molar-refractivity contribution in [2.45, 2.75) is 30.8 Å². The summed E-state index contributed by atoms with van der Waals surface area (Å²) in [5.74, 6) is -0.560. The van der Waals surface area contributed by atoms with Gasteiger partial charge in [0.25, 0.3) is 0 Å². The highest BCUT2D eigenvalue weighted by atomic mass is 32.2. The Morgan fingerprint density at radius 2 is 2.11 bits per heavy atom. The molecule has 0 saturated carbocycles. The van der Waals surface area contributed by atoms with Gasteiger partial charge in [-0.05, 0) is 38.5 Å². The van der Waals surface area contributed by atoms with Crippen LogP contribution < -0.4 is 0 Å². The predicted octanol–water partition coefficient (Wildman–Crippen LogP) is 2.31. The lowest BCUT2D eigenvalue weighted by atomic mass is 10.1. The molecule has 4 nitrogen and oxygen atoms in total. The van der Waals surface area contributed by atoms with Gasteiger partial charge in [-0.2, -0.15) is 0 Å². The lowest BCUT2D eigenvalue weighted by Gasteiger charge is -2.22. The van der Waals surface area contributed by atoms with Gasteiger partial charge in [0.05, 0.1) is 22.0 Å². The SMILES string of the molecule is COC(C)(C)CCS(=O)c1cccc(C(=O)O)c1. The molecule has 1 aromatic rings. The van der Waals surface area contributed by atoms with Crippen LogP contribution in [0.3, 0.4) is 0 Å². The molecule has 18 heavy (non-hydrogen) atoms. The average molecular weight is 270 g/mol. The van der Waals surface area contributed by atoms with Crippen LogP contribution in [0.5, 0.6) is 0 Å². The molecule has 0 aliphatic rings. The number of hydrogen-bond acceptors (Lipinski definition) is 3.